The number of hydrogen-bond acceptors (Lipinski definition) is 9. The zero-order valence-electron chi connectivity index (χ0n) is 15.3. The van der Waals surface area contributed by atoms with Crippen LogP contribution in [0.3, 0.4) is 0 Å². The summed E-state index contributed by atoms with van der Waals surface area (Å²) in [6, 6.07) is 12.8. The molecular weight excluding hydrogens is 402 g/mol. The van der Waals surface area contributed by atoms with Crippen LogP contribution in [0.25, 0.3) is 0 Å². The van der Waals surface area contributed by atoms with E-state index in [0.29, 0.717) is 21.3 Å². The lowest BCUT2D eigenvalue weighted by Gasteiger charge is -2.42. The zero-order chi connectivity index (χ0) is 21.0. The number of hydrogen-bond donors (Lipinski definition) is 7. The number of rotatable bonds is 4. The van der Waals surface area contributed by atoms with E-state index in [2.05, 4.69) is 5.32 Å². The summed E-state index contributed by atoms with van der Waals surface area (Å²) in [4.78, 5) is 1.94. The first-order valence-corrected chi connectivity index (χ1v) is 9.43. The lowest BCUT2D eigenvalue weighted by Crippen LogP contribution is -2.62. The van der Waals surface area contributed by atoms with E-state index in [9.17, 15) is 30.6 Å². The molecule has 2 heterocycles. The summed E-state index contributed by atoms with van der Waals surface area (Å²) < 4.78 is 0. The molecule has 10 heteroatoms. The van der Waals surface area contributed by atoms with E-state index in [0.717, 1.165) is 0 Å². The van der Waals surface area contributed by atoms with Gasteiger partial charge in [0.2, 0.25) is 11.8 Å². The normalized spacial score (nSPS) is 23.1. The van der Waals surface area contributed by atoms with Gasteiger partial charge in [0.15, 0.2) is 0 Å². The Bertz CT molecular complexity index is 889. The molecule has 9 nitrogen and oxygen atoms in total. The number of aliphatic hydroxyl groups is 6. The van der Waals surface area contributed by atoms with Gasteiger partial charge in [-0.25, -0.2) is 0 Å². The molecule has 2 aliphatic heterocycles. The summed E-state index contributed by atoms with van der Waals surface area (Å²) in [5, 5.41) is 66.3. The number of anilines is 2. The maximum absolute atomic E-state index is 11.1. The number of para-hydroxylation sites is 2. The minimum Gasteiger partial charge on any atom is -0.362 e. The third-order valence-electron chi connectivity index (χ3n) is 5.38. The molecule has 29 heavy (non-hydrogen) atoms. The van der Waals surface area contributed by atoms with Gasteiger partial charge >= 0.3 is 0 Å². The van der Waals surface area contributed by atoms with E-state index in [4.69, 9.17) is 11.6 Å². The maximum Gasteiger partial charge on any atom is 0.277 e. The Kier molecular flexibility index (Phi) is 4.76. The van der Waals surface area contributed by atoms with E-state index in [1.165, 1.54) is 29.2 Å². The predicted octanol–water partition coefficient (Wildman–Crippen LogP) is 0.0657. The van der Waals surface area contributed by atoms with Crippen LogP contribution in [0, 0.1) is 0 Å². The second-order valence-corrected chi connectivity index (χ2v) is 7.79. The number of benzene rings is 2. The number of likely N-dealkylation sites (tertiary alicyclic amines) is 1. The molecule has 1 unspecified atom stereocenters. The molecule has 156 valence electrons. The molecule has 1 saturated heterocycles. The van der Waals surface area contributed by atoms with E-state index < -0.39 is 23.9 Å². The van der Waals surface area contributed by atoms with Crippen molar-refractivity contribution in [2.24, 2.45) is 0 Å². The van der Waals surface area contributed by atoms with Crippen LogP contribution in [0.4, 0.5) is 11.4 Å². The first-order chi connectivity index (χ1) is 13.5. The molecular formula is C19H22ClN3O6. The third kappa shape index (κ3) is 3.45. The van der Waals surface area contributed by atoms with Crippen molar-refractivity contribution in [3.8, 4) is 0 Å². The SMILES string of the molecule is OC1(O)CCC(O)(O)N1CC1Nc2ccccc2N1C(O)(O)c1ccc(Cl)cc1. The van der Waals surface area contributed by atoms with Crippen molar-refractivity contribution in [2.45, 2.75) is 36.7 Å². The van der Waals surface area contributed by atoms with Gasteiger partial charge in [0.25, 0.3) is 5.91 Å². The Morgan fingerprint density at radius 1 is 0.966 bits per heavy atom. The van der Waals surface area contributed by atoms with Gasteiger partial charge in [-0.15, -0.1) is 0 Å². The molecule has 0 bridgehead atoms. The summed E-state index contributed by atoms with van der Waals surface area (Å²) in [5.74, 6) is -7.42. The summed E-state index contributed by atoms with van der Waals surface area (Å²) in [6.45, 7) is -0.342. The van der Waals surface area contributed by atoms with Crippen LogP contribution in [-0.2, 0) is 5.91 Å². The van der Waals surface area contributed by atoms with Crippen LogP contribution >= 0.6 is 11.6 Å². The highest BCUT2D eigenvalue weighted by molar-refractivity contribution is 6.30. The van der Waals surface area contributed by atoms with E-state index >= 15 is 0 Å². The van der Waals surface area contributed by atoms with Gasteiger partial charge in [0.1, 0.15) is 6.17 Å². The molecule has 0 saturated carbocycles. The second-order valence-electron chi connectivity index (χ2n) is 7.35. The lowest BCUT2D eigenvalue weighted by molar-refractivity contribution is -0.344. The molecule has 2 aromatic rings. The van der Waals surface area contributed by atoms with Crippen LogP contribution in [-0.4, -0.2) is 60.1 Å². The van der Waals surface area contributed by atoms with Gasteiger partial charge in [0, 0.05) is 30.0 Å². The molecule has 0 radical (unpaired) electrons. The summed E-state index contributed by atoms with van der Waals surface area (Å²) in [6.07, 6.45) is -1.49. The maximum atomic E-state index is 11.1. The Hall–Kier alpha value is -1.95. The van der Waals surface area contributed by atoms with Crippen LogP contribution in [0.1, 0.15) is 18.4 Å². The Morgan fingerprint density at radius 3 is 2.17 bits per heavy atom. The molecule has 0 spiro atoms. The van der Waals surface area contributed by atoms with Crippen molar-refractivity contribution in [3.63, 3.8) is 0 Å². The highest BCUT2D eigenvalue weighted by Crippen LogP contribution is 2.43. The topological polar surface area (TPSA) is 140 Å². The van der Waals surface area contributed by atoms with Gasteiger partial charge < -0.3 is 36.0 Å². The van der Waals surface area contributed by atoms with E-state index in [-0.39, 0.29) is 24.9 Å². The number of fused-ring (bicyclic) bond motifs is 1. The zero-order valence-corrected chi connectivity index (χ0v) is 16.0. The molecule has 4 rings (SSSR count). The van der Waals surface area contributed by atoms with Crippen molar-refractivity contribution >= 4 is 23.0 Å². The minimum absolute atomic E-state index is 0.130. The van der Waals surface area contributed by atoms with Gasteiger partial charge in [-0.2, -0.15) is 4.90 Å². The lowest BCUT2D eigenvalue weighted by atomic mass is 10.1. The summed E-state index contributed by atoms with van der Waals surface area (Å²) in [7, 11) is 0. The number of halogens is 1. The quantitative estimate of drug-likeness (QED) is 0.340. The van der Waals surface area contributed by atoms with Crippen molar-refractivity contribution in [1.29, 1.82) is 0 Å². The summed E-state index contributed by atoms with van der Waals surface area (Å²) >= 11 is 5.90. The van der Waals surface area contributed by atoms with Crippen molar-refractivity contribution in [3.05, 3.63) is 59.1 Å². The molecule has 1 fully saturated rings. The molecule has 0 aromatic heterocycles. The van der Waals surface area contributed by atoms with Crippen molar-refractivity contribution in [2.75, 3.05) is 16.8 Å². The largest absolute Gasteiger partial charge is 0.362 e. The standard InChI is InChI=1S/C19H22ClN3O6/c20-13-7-5-12(6-8-13)19(28,29)23-15-4-2-1-3-14(15)21-16(23)11-22-17(24,25)9-10-18(22,26)27/h1-8,16,21,24-29H,9-11H2. The smallest absolute Gasteiger partial charge is 0.277 e. The highest BCUT2D eigenvalue weighted by Gasteiger charge is 2.55. The fraction of sp³-hybridized carbons (Fsp3) is 0.368. The first kappa shape index (κ1) is 20.3. The van der Waals surface area contributed by atoms with Crippen LogP contribution in [0.2, 0.25) is 5.02 Å². The molecule has 0 aliphatic carbocycles. The van der Waals surface area contributed by atoms with Crippen LogP contribution in [0.15, 0.2) is 48.5 Å². The molecule has 2 aromatic carbocycles. The Balaban J connectivity index is 1.73. The van der Waals surface area contributed by atoms with Gasteiger partial charge in [-0.3, -0.25) is 4.90 Å². The van der Waals surface area contributed by atoms with Gasteiger partial charge in [-0.1, -0.05) is 35.9 Å². The average molecular weight is 424 g/mol. The van der Waals surface area contributed by atoms with Crippen molar-refractivity contribution < 1.29 is 30.6 Å². The minimum atomic E-state index is -2.50. The third-order valence-corrected chi connectivity index (χ3v) is 5.63. The van der Waals surface area contributed by atoms with Crippen LogP contribution < -0.4 is 10.2 Å². The average Bonchev–Trinajstić information content (AvgIpc) is 3.12. The molecule has 1 atom stereocenters. The fourth-order valence-electron chi connectivity index (χ4n) is 3.90. The van der Waals surface area contributed by atoms with E-state index in [1.54, 1.807) is 24.3 Å². The number of nitrogens with zero attached hydrogens (tertiary/aromatic N) is 2. The fourth-order valence-corrected chi connectivity index (χ4v) is 4.03. The molecule has 0 amide bonds. The molecule has 7 N–H and O–H groups in total. The highest BCUT2D eigenvalue weighted by atomic mass is 35.5. The summed E-state index contributed by atoms with van der Waals surface area (Å²) in [5.41, 5.74) is 1.14. The Morgan fingerprint density at radius 2 is 1.55 bits per heavy atom. The second kappa shape index (κ2) is 6.79. The monoisotopic (exact) mass is 423 g/mol. The molecule has 2 aliphatic rings. The van der Waals surface area contributed by atoms with Crippen molar-refractivity contribution in [1.82, 2.24) is 4.90 Å². The van der Waals surface area contributed by atoms with Gasteiger partial charge in [-0.05, 0) is 24.3 Å². The Labute approximate surface area is 171 Å². The number of nitrogens with one attached hydrogen (secondary N) is 1. The van der Waals surface area contributed by atoms with Gasteiger partial charge in [0.05, 0.1) is 11.4 Å². The first-order valence-electron chi connectivity index (χ1n) is 9.05. The van der Waals surface area contributed by atoms with E-state index in [1.807, 2.05) is 0 Å². The predicted molar refractivity (Wildman–Crippen MR) is 104 cm³/mol. The van der Waals surface area contributed by atoms with Crippen LogP contribution in [0.5, 0.6) is 0 Å².